The van der Waals surface area contributed by atoms with Crippen molar-refractivity contribution in [1.29, 1.82) is 0 Å². The number of rotatable bonds is 1. The molecule has 3 nitrogen and oxygen atoms in total. The minimum Gasteiger partial charge on any atom is -0.306 e. The third-order valence-electron chi connectivity index (χ3n) is 2.73. The molecule has 0 saturated carbocycles. The van der Waals surface area contributed by atoms with E-state index >= 15 is 0 Å². The fraction of sp³-hybridized carbons (Fsp3) is 0.125. The number of aromatic amines is 1. The Labute approximate surface area is 122 Å². The van der Waals surface area contributed by atoms with Gasteiger partial charge in [-0.2, -0.15) is 0 Å². The number of H-pyrrole nitrogens is 1. The molecule has 1 N–H and O–H groups in total. The average molecular weight is 287 g/mol. The molecule has 102 valence electrons. The Morgan fingerprint density at radius 3 is 2.35 bits per heavy atom. The van der Waals surface area contributed by atoms with Crippen LogP contribution in [0.4, 0.5) is 0 Å². The van der Waals surface area contributed by atoms with Gasteiger partial charge in [0.05, 0.1) is 10.9 Å². The summed E-state index contributed by atoms with van der Waals surface area (Å²) in [6.45, 7) is 4.00. The minimum absolute atomic E-state index is 0.134. The van der Waals surface area contributed by atoms with Gasteiger partial charge in [0, 0.05) is 10.6 Å². The van der Waals surface area contributed by atoms with Gasteiger partial charge in [-0.25, -0.2) is 4.98 Å². The summed E-state index contributed by atoms with van der Waals surface area (Å²) in [5.41, 5.74) is 1.39. The molecule has 0 radical (unpaired) electrons. The van der Waals surface area contributed by atoms with E-state index < -0.39 is 0 Å². The molecule has 0 atom stereocenters. The van der Waals surface area contributed by atoms with Crippen molar-refractivity contribution in [1.82, 2.24) is 9.97 Å². The Bertz CT molecular complexity index is 763. The zero-order valence-electron chi connectivity index (χ0n) is 11.4. The summed E-state index contributed by atoms with van der Waals surface area (Å²) in [6.07, 6.45) is 0. The lowest BCUT2D eigenvalue weighted by Gasteiger charge is -2.03. The Kier molecular flexibility index (Phi) is 4.53. The molecule has 1 heterocycles. The van der Waals surface area contributed by atoms with Gasteiger partial charge in [0.1, 0.15) is 5.82 Å². The van der Waals surface area contributed by atoms with Gasteiger partial charge in [0.25, 0.3) is 5.56 Å². The van der Waals surface area contributed by atoms with Crippen LogP contribution in [0.15, 0.2) is 53.3 Å². The van der Waals surface area contributed by atoms with Gasteiger partial charge in [-0.05, 0) is 36.4 Å². The third-order valence-corrected chi connectivity index (χ3v) is 2.98. The zero-order valence-corrected chi connectivity index (χ0v) is 12.1. The number of hydrogen-bond donors (Lipinski definition) is 1. The SMILES string of the molecule is CC.O=c1[nH]c(-c2ccc(Cl)cc2)nc2ccccc12. The third kappa shape index (κ3) is 2.89. The number of halogens is 1. The highest BCUT2D eigenvalue weighted by atomic mass is 35.5. The number of para-hydroxylation sites is 1. The van der Waals surface area contributed by atoms with Gasteiger partial charge < -0.3 is 4.98 Å². The molecule has 0 bridgehead atoms. The van der Waals surface area contributed by atoms with E-state index in [1.165, 1.54) is 0 Å². The molecule has 0 aliphatic carbocycles. The van der Waals surface area contributed by atoms with Crippen molar-refractivity contribution in [3.63, 3.8) is 0 Å². The van der Waals surface area contributed by atoms with E-state index in [4.69, 9.17) is 11.6 Å². The van der Waals surface area contributed by atoms with Crippen LogP contribution in [0.5, 0.6) is 0 Å². The summed E-state index contributed by atoms with van der Waals surface area (Å²) in [7, 11) is 0. The van der Waals surface area contributed by atoms with Crippen LogP contribution in [0.3, 0.4) is 0 Å². The molecular formula is C16H15ClN2O. The van der Waals surface area contributed by atoms with Crippen LogP contribution in [0.25, 0.3) is 22.3 Å². The molecule has 0 saturated heterocycles. The van der Waals surface area contributed by atoms with Crippen molar-refractivity contribution < 1.29 is 0 Å². The molecule has 0 fully saturated rings. The second-order valence-corrected chi connectivity index (χ2v) is 4.38. The van der Waals surface area contributed by atoms with Crippen molar-refractivity contribution in [3.8, 4) is 11.4 Å². The maximum absolute atomic E-state index is 11.9. The summed E-state index contributed by atoms with van der Waals surface area (Å²) in [5, 5.41) is 1.25. The van der Waals surface area contributed by atoms with Crippen LogP contribution >= 0.6 is 11.6 Å². The van der Waals surface area contributed by atoms with E-state index in [0.29, 0.717) is 21.7 Å². The average Bonchev–Trinajstić information content (AvgIpc) is 2.50. The molecular weight excluding hydrogens is 272 g/mol. The van der Waals surface area contributed by atoms with Crippen LogP contribution in [0.1, 0.15) is 13.8 Å². The van der Waals surface area contributed by atoms with Crippen LogP contribution in [-0.4, -0.2) is 9.97 Å². The van der Waals surface area contributed by atoms with Crippen molar-refractivity contribution in [2.75, 3.05) is 0 Å². The molecule has 3 rings (SSSR count). The van der Waals surface area contributed by atoms with Crippen molar-refractivity contribution in [2.24, 2.45) is 0 Å². The van der Waals surface area contributed by atoms with E-state index in [0.717, 1.165) is 5.56 Å². The van der Waals surface area contributed by atoms with Gasteiger partial charge in [-0.1, -0.05) is 37.6 Å². The molecule has 0 aliphatic rings. The van der Waals surface area contributed by atoms with Crippen LogP contribution in [0, 0.1) is 0 Å². The zero-order chi connectivity index (χ0) is 14.5. The number of aromatic nitrogens is 2. The molecule has 1 aromatic heterocycles. The highest BCUT2D eigenvalue weighted by Crippen LogP contribution is 2.18. The Morgan fingerprint density at radius 2 is 1.65 bits per heavy atom. The molecule has 2 aromatic carbocycles. The first kappa shape index (κ1) is 14.3. The fourth-order valence-electron chi connectivity index (χ4n) is 1.83. The van der Waals surface area contributed by atoms with E-state index in [1.807, 2.05) is 44.2 Å². The Morgan fingerprint density at radius 1 is 1.00 bits per heavy atom. The number of benzene rings is 2. The van der Waals surface area contributed by atoms with E-state index in [1.54, 1.807) is 18.2 Å². The molecule has 20 heavy (non-hydrogen) atoms. The van der Waals surface area contributed by atoms with Crippen molar-refractivity contribution >= 4 is 22.5 Å². The Hall–Kier alpha value is -2.13. The number of fused-ring (bicyclic) bond motifs is 1. The Balaban J connectivity index is 0.000000704. The molecule has 4 heteroatoms. The molecule has 0 aliphatic heterocycles. The predicted molar refractivity (Wildman–Crippen MR) is 84.2 cm³/mol. The van der Waals surface area contributed by atoms with Crippen molar-refractivity contribution in [2.45, 2.75) is 13.8 Å². The van der Waals surface area contributed by atoms with Crippen LogP contribution in [0.2, 0.25) is 5.02 Å². The lowest BCUT2D eigenvalue weighted by Crippen LogP contribution is -2.09. The topological polar surface area (TPSA) is 45.8 Å². The highest BCUT2D eigenvalue weighted by molar-refractivity contribution is 6.30. The summed E-state index contributed by atoms with van der Waals surface area (Å²) in [6, 6.07) is 14.5. The van der Waals surface area contributed by atoms with Gasteiger partial charge >= 0.3 is 0 Å². The summed E-state index contributed by atoms with van der Waals surface area (Å²) in [5.74, 6) is 0.551. The normalized spacial score (nSPS) is 9.95. The predicted octanol–water partition coefficient (Wildman–Crippen LogP) is 4.27. The fourth-order valence-corrected chi connectivity index (χ4v) is 1.96. The van der Waals surface area contributed by atoms with Gasteiger partial charge in [0.2, 0.25) is 0 Å². The lowest BCUT2D eigenvalue weighted by atomic mass is 10.2. The molecule has 0 amide bonds. The van der Waals surface area contributed by atoms with E-state index in [2.05, 4.69) is 9.97 Å². The van der Waals surface area contributed by atoms with E-state index in [-0.39, 0.29) is 5.56 Å². The maximum Gasteiger partial charge on any atom is 0.259 e. The summed E-state index contributed by atoms with van der Waals surface area (Å²) < 4.78 is 0. The first-order valence-corrected chi connectivity index (χ1v) is 6.87. The quantitative estimate of drug-likeness (QED) is 0.726. The first-order chi connectivity index (χ1) is 9.74. The smallest absolute Gasteiger partial charge is 0.259 e. The second kappa shape index (κ2) is 6.35. The lowest BCUT2D eigenvalue weighted by molar-refractivity contribution is 1.18. The summed E-state index contributed by atoms with van der Waals surface area (Å²) >= 11 is 5.83. The molecule has 0 spiro atoms. The van der Waals surface area contributed by atoms with Gasteiger partial charge in [-0.3, -0.25) is 4.79 Å². The standard InChI is InChI=1S/C14H9ClN2O.C2H6/c15-10-7-5-9(6-8-10)13-16-12-4-2-1-3-11(12)14(18)17-13;1-2/h1-8H,(H,16,17,18);1-2H3. The van der Waals surface area contributed by atoms with Crippen molar-refractivity contribution in [3.05, 3.63) is 63.9 Å². The monoisotopic (exact) mass is 286 g/mol. The van der Waals surface area contributed by atoms with Crippen LogP contribution in [-0.2, 0) is 0 Å². The second-order valence-electron chi connectivity index (χ2n) is 3.94. The maximum atomic E-state index is 11.9. The van der Waals surface area contributed by atoms with E-state index in [9.17, 15) is 4.79 Å². The number of nitrogens with one attached hydrogen (secondary N) is 1. The molecule has 0 unspecified atom stereocenters. The first-order valence-electron chi connectivity index (χ1n) is 6.49. The minimum atomic E-state index is -0.134. The highest BCUT2D eigenvalue weighted by Gasteiger charge is 2.04. The number of hydrogen-bond acceptors (Lipinski definition) is 2. The summed E-state index contributed by atoms with van der Waals surface area (Å²) in [4.78, 5) is 19.1. The molecule has 3 aromatic rings. The number of nitrogens with zero attached hydrogens (tertiary/aromatic N) is 1. The van der Waals surface area contributed by atoms with Gasteiger partial charge in [-0.15, -0.1) is 0 Å². The van der Waals surface area contributed by atoms with Crippen LogP contribution < -0.4 is 5.56 Å². The van der Waals surface area contributed by atoms with Gasteiger partial charge in [0.15, 0.2) is 0 Å². The largest absolute Gasteiger partial charge is 0.306 e.